The molecule has 0 spiro atoms. The number of carbonyl (C=O) groups excluding carboxylic acids is 1. The highest BCUT2D eigenvalue weighted by Gasteiger charge is 2.61. The number of alkyl halides is 5. The van der Waals surface area contributed by atoms with Crippen LogP contribution >= 0.6 is 0 Å². The number of carbonyl (C=O) groups is 1. The lowest BCUT2D eigenvalue weighted by molar-refractivity contribution is -0.267. The number of hydrogen-bond acceptors (Lipinski definition) is 6. The number of nitrogens with zero attached hydrogens (tertiary/aromatic N) is 4. The number of halogens is 5. The SMILES string of the molecule is Cc1nc(N2CC(O)(C(F)(F)F)C2)ccc1-c1ccc2nc3n(c2c1)[C@H]1C[C@H]3NC(=O)c2cccc(OC(F)F)c21. The van der Waals surface area contributed by atoms with Crippen molar-refractivity contribution in [2.24, 2.45) is 0 Å². The van der Waals surface area contributed by atoms with Crippen molar-refractivity contribution in [3.05, 3.63) is 71.2 Å². The molecule has 7 rings (SSSR count). The quantitative estimate of drug-likeness (QED) is 0.339. The van der Waals surface area contributed by atoms with Crippen LogP contribution in [0.3, 0.4) is 0 Å². The number of rotatable bonds is 4. The van der Waals surface area contributed by atoms with Gasteiger partial charge in [0.15, 0.2) is 5.60 Å². The molecule has 212 valence electrons. The lowest BCUT2D eigenvalue weighted by Gasteiger charge is -2.47. The van der Waals surface area contributed by atoms with Crippen molar-refractivity contribution in [3.8, 4) is 16.9 Å². The zero-order valence-electron chi connectivity index (χ0n) is 21.4. The Morgan fingerprint density at radius 3 is 2.59 bits per heavy atom. The molecule has 2 aromatic heterocycles. The van der Waals surface area contributed by atoms with Crippen molar-refractivity contribution >= 4 is 22.8 Å². The molecule has 2 bridgehead atoms. The first-order chi connectivity index (χ1) is 19.4. The molecule has 4 aromatic rings. The van der Waals surface area contributed by atoms with Crippen LogP contribution in [-0.2, 0) is 0 Å². The number of ether oxygens (including phenoxy) is 1. The van der Waals surface area contributed by atoms with Gasteiger partial charge in [0.2, 0.25) is 0 Å². The lowest BCUT2D eigenvalue weighted by atomic mass is 9.93. The third kappa shape index (κ3) is 3.85. The van der Waals surface area contributed by atoms with Crippen molar-refractivity contribution in [2.45, 2.75) is 43.8 Å². The third-order valence-corrected chi connectivity index (χ3v) is 8.10. The second-order valence-electron chi connectivity index (χ2n) is 10.6. The largest absolute Gasteiger partial charge is 0.434 e. The van der Waals surface area contributed by atoms with E-state index in [-0.39, 0.29) is 17.2 Å². The van der Waals surface area contributed by atoms with Gasteiger partial charge in [0.05, 0.1) is 36.2 Å². The Hall–Kier alpha value is -4.26. The van der Waals surface area contributed by atoms with Gasteiger partial charge in [0.25, 0.3) is 5.91 Å². The van der Waals surface area contributed by atoms with E-state index in [1.165, 1.54) is 17.0 Å². The van der Waals surface area contributed by atoms with Crippen molar-refractivity contribution in [1.82, 2.24) is 19.9 Å². The minimum Gasteiger partial charge on any atom is -0.434 e. The highest BCUT2D eigenvalue weighted by atomic mass is 19.4. The summed E-state index contributed by atoms with van der Waals surface area (Å²) < 4.78 is 72.5. The molecule has 0 saturated carbocycles. The summed E-state index contributed by atoms with van der Waals surface area (Å²) in [5.41, 5.74) is 1.35. The van der Waals surface area contributed by atoms with E-state index < -0.39 is 43.6 Å². The number of β-amino-alcohol motifs (C(OH)–C–C–N with tert-alkyl or cyclic N) is 1. The molecule has 0 radical (unpaired) electrons. The molecule has 2 aromatic carbocycles. The molecule has 8 nitrogen and oxygen atoms in total. The van der Waals surface area contributed by atoms with Crippen LogP contribution in [0.25, 0.3) is 22.2 Å². The van der Waals surface area contributed by atoms with E-state index in [0.717, 1.165) is 16.6 Å². The number of benzene rings is 2. The average molecular weight is 572 g/mol. The molecule has 0 aliphatic carbocycles. The standard InChI is InChI=1S/C28H22F5N5O3/c1-13-15(6-8-22(34-13)37-11-27(40,12-37)28(31,32)33)14-5-7-17-19(9-14)38-20-10-18(24(38)35-17)36-25(39)16-3-2-4-21(23(16)20)41-26(29)30/h2-9,18,20,26,40H,10-12H2,1H3,(H,36,39)/t18-,20+/m1/s1. The van der Waals surface area contributed by atoms with Crippen LogP contribution in [0.5, 0.6) is 5.75 Å². The van der Waals surface area contributed by atoms with E-state index in [1.54, 1.807) is 25.1 Å². The van der Waals surface area contributed by atoms with Gasteiger partial charge in [-0.15, -0.1) is 0 Å². The monoisotopic (exact) mass is 571 g/mol. The Labute approximate surface area is 229 Å². The zero-order chi connectivity index (χ0) is 28.8. The maximum absolute atomic E-state index is 13.3. The highest BCUT2D eigenvalue weighted by molar-refractivity contribution is 5.98. The second kappa shape index (κ2) is 8.62. The number of aliphatic hydroxyl groups is 1. The lowest BCUT2D eigenvalue weighted by Crippen LogP contribution is -2.69. The van der Waals surface area contributed by atoms with Crippen LogP contribution in [0.4, 0.5) is 27.8 Å². The molecule has 2 atom stereocenters. The first kappa shape index (κ1) is 25.7. The van der Waals surface area contributed by atoms with E-state index >= 15 is 0 Å². The number of amides is 1. The summed E-state index contributed by atoms with van der Waals surface area (Å²) >= 11 is 0. The van der Waals surface area contributed by atoms with Crippen molar-refractivity contribution in [1.29, 1.82) is 0 Å². The smallest absolute Gasteiger partial charge is 0.420 e. The minimum atomic E-state index is -4.72. The molecule has 5 heterocycles. The minimum absolute atomic E-state index is 0.0665. The van der Waals surface area contributed by atoms with Gasteiger partial charge in [-0.3, -0.25) is 4.79 Å². The van der Waals surface area contributed by atoms with E-state index in [1.807, 2.05) is 22.8 Å². The third-order valence-electron chi connectivity index (χ3n) is 8.10. The number of nitrogens with one attached hydrogen (secondary N) is 1. The molecule has 13 heteroatoms. The molecule has 3 aliphatic rings. The Balaban J connectivity index is 1.27. The maximum atomic E-state index is 13.3. The Bertz CT molecular complexity index is 1730. The highest BCUT2D eigenvalue weighted by Crippen LogP contribution is 2.48. The number of aromatic nitrogens is 3. The van der Waals surface area contributed by atoms with Gasteiger partial charge in [0.1, 0.15) is 17.4 Å². The van der Waals surface area contributed by atoms with Gasteiger partial charge < -0.3 is 24.6 Å². The van der Waals surface area contributed by atoms with Gasteiger partial charge in [0, 0.05) is 22.4 Å². The van der Waals surface area contributed by atoms with Crippen LogP contribution in [0, 0.1) is 6.92 Å². The Morgan fingerprint density at radius 2 is 1.88 bits per heavy atom. The van der Waals surface area contributed by atoms with Gasteiger partial charge in [-0.1, -0.05) is 12.1 Å². The zero-order valence-corrected chi connectivity index (χ0v) is 21.4. The number of hydrogen-bond donors (Lipinski definition) is 2. The summed E-state index contributed by atoms with van der Waals surface area (Å²) in [5, 5.41) is 12.7. The van der Waals surface area contributed by atoms with Gasteiger partial charge in [-0.05, 0) is 55.3 Å². The van der Waals surface area contributed by atoms with Gasteiger partial charge in [-0.25, -0.2) is 9.97 Å². The molecule has 1 amide bonds. The van der Waals surface area contributed by atoms with Crippen LogP contribution in [-0.4, -0.2) is 57.0 Å². The average Bonchev–Trinajstić information content (AvgIpc) is 3.37. The molecule has 0 unspecified atom stereocenters. The second-order valence-corrected chi connectivity index (χ2v) is 10.6. The first-order valence-electron chi connectivity index (χ1n) is 12.9. The van der Waals surface area contributed by atoms with Crippen LogP contribution in [0.1, 0.15) is 45.9 Å². The normalized spacial score (nSPS) is 20.9. The summed E-state index contributed by atoms with van der Waals surface area (Å²) in [4.78, 5) is 23.6. The predicted molar refractivity (Wildman–Crippen MR) is 137 cm³/mol. The first-order valence-corrected chi connectivity index (χ1v) is 12.9. The molecular formula is C28H22F5N5O3. The van der Waals surface area contributed by atoms with Crippen LogP contribution < -0.4 is 15.0 Å². The fourth-order valence-corrected chi connectivity index (χ4v) is 6.13. The van der Waals surface area contributed by atoms with Gasteiger partial charge >= 0.3 is 12.8 Å². The maximum Gasteiger partial charge on any atom is 0.420 e. The van der Waals surface area contributed by atoms with Crippen molar-refractivity contribution in [3.63, 3.8) is 0 Å². The number of aryl methyl sites for hydroxylation is 1. The fraction of sp³-hybridized carbons (Fsp3) is 0.321. The summed E-state index contributed by atoms with van der Waals surface area (Å²) in [7, 11) is 0. The Morgan fingerprint density at radius 1 is 1.10 bits per heavy atom. The van der Waals surface area contributed by atoms with Crippen molar-refractivity contribution in [2.75, 3.05) is 18.0 Å². The van der Waals surface area contributed by atoms with E-state index in [9.17, 15) is 31.9 Å². The van der Waals surface area contributed by atoms with E-state index in [4.69, 9.17) is 9.72 Å². The predicted octanol–water partition coefficient (Wildman–Crippen LogP) is 4.90. The molecule has 41 heavy (non-hydrogen) atoms. The molecule has 3 aliphatic heterocycles. The van der Waals surface area contributed by atoms with Crippen LogP contribution in [0.15, 0.2) is 48.5 Å². The summed E-state index contributed by atoms with van der Waals surface area (Å²) in [6.45, 7) is -2.49. The van der Waals surface area contributed by atoms with E-state index in [2.05, 4.69) is 10.3 Å². The summed E-state index contributed by atoms with van der Waals surface area (Å²) in [6.07, 6.45) is -4.30. The molecule has 1 fully saturated rings. The van der Waals surface area contributed by atoms with Crippen LogP contribution in [0.2, 0.25) is 0 Å². The number of fused-ring (bicyclic) bond motifs is 9. The number of pyridine rings is 1. The summed E-state index contributed by atoms with van der Waals surface area (Å²) in [6, 6.07) is 12.5. The summed E-state index contributed by atoms with van der Waals surface area (Å²) in [5.74, 6) is 0.482. The van der Waals surface area contributed by atoms with Gasteiger partial charge in [-0.2, -0.15) is 22.0 Å². The molecule has 2 N–H and O–H groups in total. The number of imidazole rings is 1. The molecule has 1 saturated heterocycles. The number of anilines is 1. The van der Waals surface area contributed by atoms with E-state index in [0.29, 0.717) is 34.8 Å². The Kier molecular flexibility index (Phi) is 5.40. The fourth-order valence-electron chi connectivity index (χ4n) is 6.13. The van der Waals surface area contributed by atoms with Crippen molar-refractivity contribution < 1.29 is 36.6 Å². The topological polar surface area (TPSA) is 92.5 Å². The molecular weight excluding hydrogens is 549 g/mol.